The fraction of sp³-hybridized carbons (Fsp3) is 0.700. The molecule has 0 radical (unpaired) electrons. The highest BCUT2D eigenvalue weighted by molar-refractivity contribution is 5.75. The van der Waals surface area contributed by atoms with Gasteiger partial charge in [-0.1, -0.05) is 0 Å². The maximum absolute atomic E-state index is 11.3. The van der Waals surface area contributed by atoms with Crippen molar-refractivity contribution in [3.63, 3.8) is 0 Å². The van der Waals surface area contributed by atoms with E-state index in [1.165, 1.54) is 6.33 Å². The minimum absolute atomic E-state index is 0.298. The van der Waals surface area contributed by atoms with Gasteiger partial charge in [0, 0.05) is 13.5 Å². The van der Waals surface area contributed by atoms with Crippen molar-refractivity contribution in [1.82, 2.24) is 14.8 Å². The second-order valence-electron chi connectivity index (χ2n) is 4.47. The zero-order valence-electron chi connectivity index (χ0n) is 8.97. The van der Waals surface area contributed by atoms with Crippen molar-refractivity contribution in [2.24, 2.45) is 18.4 Å². The molecule has 2 rings (SSSR count). The standard InChI is InChI=1S/C10H15N3O2/c1-10(9(14)15,7-3-4-7)5-8-11-6-12-13(8)2/h6-7H,3-5H2,1-2H3,(H,14,15). The van der Waals surface area contributed by atoms with Gasteiger partial charge in [-0.05, 0) is 25.7 Å². The van der Waals surface area contributed by atoms with Crippen LogP contribution in [0, 0.1) is 11.3 Å². The molecule has 5 heteroatoms. The Balaban J connectivity index is 2.21. The van der Waals surface area contributed by atoms with Crippen LogP contribution in [-0.2, 0) is 18.3 Å². The van der Waals surface area contributed by atoms with E-state index >= 15 is 0 Å². The molecule has 5 nitrogen and oxygen atoms in total. The van der Waals surface area contributed by atoms with Crippen LogP contribution in [0.1, 0.15) is 25.6 Å². The average molecular weight is 209 g/mol. The van der Waals surface area contributed by atoms with Gasteiger partial charge in [0.2, 0.25) is 0 Å². The number of aryl methyl sites for hydroxylation is 1. The number of aliphatic carboxylic acids is 1. The summed E-state index contributed by atoms with van der Waals surface area (Å²) in [6.45, 7) is 1.81. The Kier molecular flexibility index (Phi) is 2.25. The second kappa shape index (κ2) is 3.32. The predicted molar refractivity (Wildman–Crippen MR) is 53.2 cm³/mol. The summed E-state index contributed by atoms with van der Waals surface area (Å²) in [4.78, 5) is 15.4. The van der Waals surface area contributed by atoms with E-state index in [1.807, 2.05) is 6.92 Å². The molecule has 82 valence electrons. The number of rotatable bonds is 4. The third kappa shape index (κ3) is 1.73. The molecule has 1 unspecified atom stereocenters. The highest BCUT2D eigenvalue weighted by Crippen LogP contribution is 2.47. The Labute approximate surface area is 88.1 Å². The topological polar surface area (TPSA) is 68.0 Å². The lowest BCUT2D eigenvalue weighted by Crippen LogP contribution is -2.33. The molecule has 1 fully saturated rings. The smallest absolute Gasteiger partial charge is 0.310 e. The van der Waals surface area contributed by atoms with Crippen molar-refractivity contribution in [1.29, 1.82) is 0 Å². The van der Waals surface area contributed by atoms with Gasteiger partial charge >= 0.3 is 5.97 Å². The fourth-order valence-electron chi connectivity index (χ4n) is 1.92. The van der Waals surface area contributed by atoms with E-state index in [0.717, 1.165) is 18.7 Å². The molecule has 1 N–H and O–H groups in total. The Bertz CT molecular complexity index is 384. The summed E-state index contributed by atoms with van der Waals surface area (Å²) in [6.07, 6.45) is 3.95. The zero-order valence-corrected chi connectivity index (χ0v) is 8.97. The first-order chi connectivity index (χ1) is 7.04. The van der Waals surface area contributed by atoms with E-state index in [1.54, 1.807) is 11.7 Å². The number of hydrogen-bond donors (Lipinski definition) is 1. The maximum Gasteiger partial charge on any atom is 0.310 e. The molecule has 0 amide bonds. The number of carboxylic acids is 1. The molecule has 0 aromatic carbocycles. The molecule has 1 heterocycles. The highest BCUT2D eigenvalue weighted by Gasteiger charge is 2.48. The third-order valence-electron chi connectivity index (χ3n) is 3.30. The SMILES string of the molecule is Cn1ncnc1CC(C)(C(=O)O)C1CC1. The van der Waals surface area contributed by atoms with E-state index in [9.17, 15) is 9.90 Å². The van der Waals surface area contributed by atoms with Gasteiger partial charge in [-0.15, -0.1) is 0 Å². The number of hydrogen-bond acceptors (Lipinski definition) is 3. The molecule has 1 aliphatic carbocycles. The number of nitrogens with zero attached hydrogens (tertiary/aromatic N) is 3. The van der Waals surface area contributed by atoms with Gasteiger partial charge in [0.1, 0.15) is 12.2 Å². The van der Waals surface area contributed by atoms with Crippen molar-refractivity contribution in [3.05, 3.63) is 12.2 Å². The quantitative estimate of drug-likeness (QED) is 0.798. The van der Waals surface area contributed by atoms with Gasteiger partial charge in [0.25, 0.3) is 0 Å². The molecule has 1 aromatic rings. The lowest BCUT2D eigenvalue weighted by molar-refractivity contribution is -0.149. The number of aromatic nitrogens is 3. The molecule has 1 atom stereocenters. The largest absolute Gasteiger partial charge is 0.481 e. The molecule has 0 aliphatic heterocycles. The van der Waals surface area contributed by atoms with Crippen LogP contribution in [0.3, 0.4) is 0 Å². The summed E-state index contributed by atoms with van der Waals surface area (Å²) in [5.41, 5.74) is -0.680. The van der Waals surface area contributed by atoms with Crippen LogP contribution in [-0.4, -0.2) is 25.8 Å². The van der Waals surface area contributed by atoms with Gasteiger partial charge in [0.05, 0.1) is 5.41 Å². The molecule has 0 saturated heterocycles. The van der Waals surface area contributed by atoms with E-state index < -0.39 is 11.4 Å². The molecule has 1 saturated carbocycles. The molecule has 15 heavy (non-hydrogen) atoms. The van der Waals surface area contributed by atoms with Crippen molar-refractivity contribution in [2.45, 2.75) is 26.2 Å². The van der Waals surface area contributed by atoms with Gasteiger partial charge in [-0.2, -0.15) is 5.10 Å². The molecular formula is C10H15N3O2. The number of carbonyl (C=O) groups is 1. The molecule has 0 spiro atoms. The zero-order chi connectivity index (χ0) is 11.1. The van der Waals surface area contributed by atoms with Crippen LogP contribution < -0.4 is 0 Å². The molecule has 1 aromatic heterocycles. The lowest BCUT2D eigenvalue weighted by atomic mass is 9.81. The van der Waals surface area contributed by atoms with Crippen molar-refractivity contribution < 1.29 is 9.90 Å². The van der Waals surface area contributed by atoms with E-state index in [-0.39, 0.29) is 0 Å². The van der Waals surface area contributed by atoms with Crippen LogP contribution in [0.25, 0.3) is 0 Å². The predicted octanol–water partition coefficient (Wildman–Crippen LogP) is 0.858. The molecule has 1 aliphatic rings. The number of carboxylic acid groups (broad SMARTS) is 1. The Morgan fingerprint density at radius 1 is 1.73 bits per heavy atom. The first-order valence-electron chi connectivity index (χ1n) is 5.10. The Morgan fingerprint density at radius 3 is 2.80 bits per heavy atom. The Hall–Kier alpha value is -1.39. The van der Waals surface area contributed by atoms with Crippen molar-refractivity contribution in [3.8, 4) is 0 Å². The summed E-state index contributed by atoms with van der Waals surface area (Å²) in [6, 6.07) is 0. The first-order valence-corrected chi connectivity index (χ1v) is 5.10. The van der Waals surface area contributed by atoms with Crippen molar-refractivity contribution >= 4 is 5.97 Å². The summed E-state index contributed by atoms with van der Waals surface area (Å²) in [7, 11) is 1.79. The monoisotopic (exact) mass is 209 g/mol. The van der Waals surface area contributed by atoms with Gasteiger partial charge in [-0.25, -0.2) is 4.98 Å². The third-order valence-corrected chi connectivity index (χ3v) is 3.30. The van der Waals surface area contributed by atoms with Crippen LogP contribution >= 0.6 is 0 Å². The van der Waals surface area contributed by atoms with Crippen molar-refractivity contribution in [2.75, 3.05) is 0 Å². The van der Waals surface area contributed by atoms with Crippen LogP contribution in [0.4, 0.5) is 0 Å². The maximum atomic E-state index is 11.3. The lowest BCUT2D eigenvalue weighted by Gasteiger charge is -2.23. The second-order valence-corrected chi connectivity index (χ2v) is 4.47. The molecular weight excluding hydrogens is 194 g/mol. The van der Waals surface area contributed by atoms with Gasteiger partial charge in [0.15, 0.2) is 0 Å². The normalized spacial score (nSPS) is 19.9. The summed E-state index contributed by atoms with van der Waals surface area (Å²) < 4.78 is 1.64. The minimum atomic E-state index is -0.729. The van der Waals surface area contributed by atoms with E-state index in [4.69, 9.17) is 0 Å². The van der Waals surface area contributed by atoms with Gasteiger partial charge in [-0.3, -0.25) is 9.48 Å². The van der Waals surface area contributed by atoms with Crippen LogP contribution in [0.2, 0.25) is 0 Å². The minimum Gasteiger partial charge on any atom is -0.481 e. The summed E-state index contributed by atoms with van der Waals surface area (Å²) >= 11 is 0. The van der Waals surface area contributed by atoms with Gasteiger partial charge < -0.3 is 5.11 Å². The molecule has 0 bridgehead atoms. The van der Waals surface area contributed by atoms with E-state index in [2.05, 4.69) is 10.1 Å². The highest BCUT2D eigenvalue weighted by atomic mass is 16.4. The summed E-state index contributed by atoms with van der Waals surface area (Å²) in [5.74, 6) is 0.312. The Morgan fingerprint density at radius 2 is 2.40 bits per heavy atom. The first kappa shape index (κ1) is 10.1. The van der Waals surface area contributed by atoms with Crippen LogP contribution in [0.5, 0.6) is 0 Å². The fourth-order valence-corrected chi connectivity index (χ4v) is 1.92. The van der Waals surface area contributed by atoms with E-state index in [0.29, 0.717) is 12.3 Å². The average Bonchev–Trinajstić information content (AvgIpc) is 2.94. The van der Waals surface area contributed by atoms with Crippen LogP contribution in [0.15, 0.2) is 6.33 Å². The summed E-state index contributed by atoms with van der Waals surface area (Å²) in [5, 5.41) is 13.2.